The Morgan fingerprint density at radius 2 is 2.08 bits per heavy atom. The second kappa shape index (κ2) is 6.68. The van der Waals surface area contributed by atoms with Gasteiger partial charge >= 0.3 is 0 Å². The average Bonchev–Trinajstić information content (AvgIpc) is 2.97. The molecule has 0 fully saturated rings. The van der Waals surface area contributed by atoms with E-state index in [-0.39, 0.29) is 0 Å². The van der Waals surface area contributed by atoms with Crippen LogP contribution in [0, 0.1) is 5.92 Å². The molecule has 3 aromatic heterocycles. The minimum atomic E-state index is 0.757. The minimum absolute atomic E-state index is 0.757. The molecule has 24 heavy (non-hydrogen) atoms. The number of hydrogen-bond acceptors (Lipinski definition) is 7. The molecule has 2 N–H and O–H groups in total. The Balaban J connectivity index is 1.48. The SMILES string of the molecule is CC1CCc2c(sc3ncnc(NCCNc4cnccn4)c23)C1. The first kappa shape index (κ1) is 15.3. The van der Waals surface area contributed by atoms with Crippen molar-refractivity contribution in [1.29, 1.82) is 0 Å². The highest BCUT2D eigenvalue weighted by Gasteiger charge is 2.22. The number of aryl methyl sites for hydroxylation is 1. The number of rotatable bonds is 5. The summed E-state index contributed by atoms with van der Waals surface area (Å²) in [5.41, 5.74) is 1.46. The fourth-order valence-electron chi connectivity index (χ4n) is 3.17. The largest absolute Gasteiger partial charge is 0.368 e. The highest BCUT2D eigenvalue weighted by atomic mass is 32.1. The first-order valence-electron chi connectivity index (χ1n) is 8.30. The van der Waals surface area contributed by atoms with Gasteiger partial charge in [-0.2, -0.15) is 0 Å². The van der Waals surface area contributed by atoms with E-state index in [0.717, 1.165) is 41.9 Å². The van der Waals surface area contributed by atoms with E-state index in [4.69, 9.17) is 0 Å². The minimum Gasteiger partial charge on any atom is -0.368 e. The van der Waals surface area contributed by atoms with Crippen LogP contribution in [-0.2, 0) is 12.8 Å². The summed E-state index contributed by atoms with van der Waals surface area (Å²) in [7, 11) is 0. The third-order valence-electron chi connectivity index (χ3n) is 4.38. The number of fused-ring (bicyclic) bond motifs is 3. The Kier molecular flexibility index (Phi) is 4.25. The van der Waals surface area contributed by atoms with E-state index >= 15 is 0 Å². The van der Waals surface area contributed by atoms with Crippen LogP contribution in [0.5, 0.6) is 0 Å². The second-order valence-corrected chi connectivity index (χ2v) is 7.28. The number of hydrogen-bond donors (Lipinski definition) is 2. The van der Waals surface area contributed by atoms with Crippen LogP contribution in [0.25, 0.3) is 10.2 Å². The predicted molar refractivity (Wildman–Crippen MR) is 97.6 cm³/mol. The van der Waals surface area contributed by atoms with Gasteiger partial charge in [0, 0.05) is 30.4 Å². The molecule has 3 heterocycles. The fraction of sp³-hybridized carbons (Fsp3) is 0.412. The van der Waals surface area contributed by atoms with Crippen molar-refractivity contribution >= 4 is 33.2 Å². The molecule has 1 aliphatic rings. The first-order chi connectivity index (χ1) is 11.8. The molecule has 124 valence electrons. The summed E-state index contributed by atoms with van der Waals surface area (Å²) >= 11 is 1.83. The van der Waals surface area contributed by atoms with Crippen LogP contribution in [0.3, 0.4) is 0 Å². The summed E-state index contributed by atoms with van der Waals surface area (Å²) in [6.07, 6.45) is 10.3. The summed E-state index contributed by atoms with van der Waals surface area (Å²) in [5, 5.41) is 7.92. The van der Waals surface area contributed by atoms with E-state index in [0.29, 0.717) is 0 Å². The van der Waals surface area contributed by atoms with Crippen molar-refractivity contribution in [1.82, 2.24) is 19.9 Å². The molecule has 0 saturated carbocycles. The van der Waals surface area contributed by atoms with E-state index in [9.17, 15) is 0 Å². The van der Waals surface area contributed by atoms with Crippen molar-refractivity contribution in [2.45, 2.75) is 26.2 Å². The van der Waals surface area contributed by atoms with Crippen LogP contribution in [0.2, 0.25) is 0 Å². The summed E-state index contributed by atoms with van der Waals surface area (Å²) in [5.74, 6) is 2.51. The van der Waals surface area contributed by atoms with Gasteiger partial charge in [0.05, 0.1) is 11.6 Å². The van der Waals surface area contributed by atoms with Crippen molar-refractivity contribution in [3.8, 4) is 0 Å². The molecular formula is C17H20N6S. The average molecular weight is 340 g/mol. The standard InChI is InChI=1S/C17H20N6S/c1-11-2-3-12-13(8-11)24-17-15(12)16(22-10-23-17)21-7-6-20-14-9-18-4-5-19-14/h4-5,9-11H,2-3,6-8H2,1H3,(H,19,20)(H,21,22,23). The number of nitrogens with zero attached hydrogens (tertiary/aromatic N) is 4. The molecule has 0 saturated heterocycles. The van der Waals surface area contributed by atoms with Gasteiger partial charge in [0.1, 0.15) is 22.8 Å². The maximum Gasteiger partial charge on any atom is 0.144 e. The lowest BCUT2D eigenvalue weighted by Gasteiger charge is -2.18. The third-order valence-corrected chi connectivity index (χ3v) is 5.54. The highest BCUT2D eigenvalue weighted by molar-refractivity contribution is 7.19. The summed E-state index contributed by atoms with van der Waals surface area (Å²) in [6.45, 7) is 3.85. The molecular weight excluding hydrogens is 320 g/mol. The Bertz CT molecular complexity index is 832. The van der Waals surface area contributed by atoms with E-state index in [1.807, 2.05) is 11.3 Å². The molecule has 0 aromatic carbocycles. The van der Waals surface area contributed by atoms with Gasteiger partial charge < -0.3 is 10.6 Å². The van der Waals surface area contributed by atoms with Crippen molar-refractivity contribution in [2.24, 2.45) is 5.92 Å². The van der Waals surface area contributed by atoms with Gasteiger partial charge in [-0.15, -0.1) is 11.3 Å². The van der Waals surface area contributed by atoms with E-state index < -0.39 is 0 Å². The highest BCUT2D eigenvalue weighted by Crippen LogP contribution is 2.39. The Hall–Kier alpha value is -2.28. The van der Waals surface area contributed by atoms with Crippen LogP contribution < -0.4 is 10.6 Å². The lowest BCUT2D eigenvalue weighted by molar-refractivity contribution is 0.509. The van der Waals surface area contributed by atoms with Crippen molar-refractivity contribution < 1.29 is 0 Å². The number of anilines is 2. The quantitative estimate of drug-likeness (QED) is 0.695. The zero-order valence-electron chi connectivity index (χ0n) is 13.6. The molecule has 1 unspecified atom stereocenters. The maximum atomic E-state index is 4.48. The third kappa shape index (κ3) is 3.03. The van der Waals surface area contributed by atoms with Gasteiger partial charge in [-0.05, 0) is 30.7 Å². The smallest absolute Gasteiger partial charge is 0.144 e. The molecule has 4 rings (SSSR count). The van der Waals surface area contributed by atoms with Crippen LogP contribution in [-0.4, -0.2) is 33.0 Å². The monoisotopic (exact) mass is 340 g/mol. The molecule has 0 aliphatic heterocycles. The number of thiophene rings is 1. The van der Waals surface area contributed by atoms with Crippen molar-refractivity contribution in [2.75, 3.05) is 23.7 Å². The predicted octanol–water partition coefficient (Wildman–Crippen LogP) is 3.13. The van der Waals surface area contributed by atoms with Gasteiger partial charge in [0.25, 0.3) is 0 Å². The van der Waals surface area contributed by atoms with E-state index in [2.05, 4.69) is 37.5 Å². The van der Waals surface area contributed by atoms with Gasteiger partial charge in [-0.25, -0.2) is 15.0 Å². The van der Waals surface area contributed by atoms with Crippen LogP contribution in [0.1, 0.15) is 23.8 Å². The fourth-order valence-corrected chi connectivity index (χ4v) is 4.52. The molecule has 0 spiro atoms. The van der Waals surface area contributed by atoms with E-state index in [1.165, 1.54) is 28.7 Å². The van der Waals surface area contributed by atoms with Gasteiger partial charge in [0.2, 0.25) is 0 Å². The summed E-state index contributed by atoms with van der Waals surface area (Å²) < 4.78 is 0. The van der Waals surface area contributed by atoms with Crippen LogP contribution >= 0.6 is 11.3 Å². The van der Waals surface area contributed by atoms with Gasteiger partial charge in [0.15, 0.2) is 0 Å². The molecule has 3 aromatic rings. The zero-order valence-corrected chi connectivity index (χ0v) is 14.4. The number of nitrogens with one attached hydrogen (secondary N) is 2. The lowest BCUT2D eigenvalue weighted by Crippen LogP contribution is -2.15. The van der Waals surface area contributed by atoms with Crippen molar-refractivity contribution in [3.63, 3.8) is 0 Å². The zero-order chi connectivity index (χ0) is 16.4. The van der Waals surface area contributed by atoms with Gasteiger partial charge in [-0.1, -0.05) is 6.92 Å². The Labute approximate surface area is 144 Å². The summed E-state index contributed by atoms with van der Waals surface area (Å²) in [4.78, 5) is 19.8. The topological polar surface area (TPSA) is 75.6 Å². The second-order valence-electron chi connectivity index (χ2n) is 6.20. The lowest BCUT2D eigenvalue weighted by atomic mass is 9.89. The van der Waals surface area contributed by atoms with E-state index in [1.54, 1.807) is 24.9 Å². The normalized spacial score (nSPS) is 16.8. The number of aromatic nitrogens is 4. The molecule has 6 nitrogen and oxygen atoms in total. The maximum absolute atomic E-state index is 4.48. The molecule has 0 bridgehead atoms. The van der Waals surface area contributed by atoms with Gasteiger partial charge in [-0.3, -0.25) is 4.98 Å². The molecule has 1 aliphatic carbocycles. The van der Waals surface area contributed by atoms with Crippen molar-refractivity contribution in [3.05, 3.63) is 35.4 Å². The molecule has 0 radical (unpaired) electrons. The molecule has 0 amide bonds. The van der Waals surface area contributed by atoms with Crippen LogP contribution in [0.4, 0.5) is 11.6 Å². The Morgan fingerprint density at radius 1 is 1.17 bits per heavy atom. The summed E-state index contributed by atoms with van der Waals surface area (Å²) in [6, 6.07) is 0. The molecule has 7 heteroatoms. The molecule has 1 atom stereocenters. The van der Waals surface area contributed by atoms with Crippen LogP contribution in [0.15, 0.2) is 24.9 Å². The Morgan fingerprint density at radius 3 is 2.96 bits per heavy atom. The first-order valence-corrected chi connectivity index (χ1v) is 9.12.